The van der Waals surface area contributed by atoms with E-state index in [0.717, 1.165) is 28.9 Å². The van der Waals surface area contributed by atoms with Crippen molar-refractivity contribution in [3.05, 3.63) is 35.3 Å². The third-order valence-electron chi connectivity index (χ3n) is 2.21. The smallest absolute Gasteiger partial charge is 0.0568 e. The Kier molecular flexibility index (Phi) is 4.41. The van der Waals surface area contributed by atoms with Crippen LogP contribution in [0.25, 0.3) is 5.57 Å². The Balaban J connectivity index is 3.04. The number of aromatic amines is 1. The molecule has 1 heterocycles. The van der Waals surface area contributed by atoms with Crippen LogP contribution < -0.4 is 5.32 Å². The molecule has 84 valence electrons. The van der Waals surface area contributed by atoms with Crippen LogP contribution in [0.3, 0.4) is 0 Å². The van der Waals surface area contributed by atoms with Crippen molar-refractivity contribution in [3.63, 3.8) is 0 Å². The van der Waals surface area contributed by atoms with Crippen LogP contribution in [0.4, 0.5) is 0 Å². The highest BCUT2D eigenvalue weighted by atomic mass is 15.1. The molecule has 3 nitrogen and oxygen atoms in total. The molecule has 0 amide bonds. The summed E-state index contributed by atoms with van der Waals surface area (Å²) < 4.78 is 0. The molecule has 1 aromatic heterocycles. The van der Waals surface area contributed by atoms with Crippen LogP contribution >= 0.6 is 0 Å². The van der Waals surface area contributed by atoms with E-state index in [1.165, 1.54) is 0 Å². The van der Waals surface area contributed by atoms with Gasteiger partial charge in [-0.25, -0.2) is 0 Å². The van der Waals surface area contributed by atoms with Crippen LogP contribution in [0.1, 0.15) is 31.5 Å². The lowest BCUT2D eigenvalue weighted by atomic mass is 10.0. The summed E-state index contributed by atoms with van der Waals surface area (Å²) in [5.74, 6) is 0. The summed E-state index contributed by atoms with van der Waals surface area (Å²) >= 11 is 0. The largest absolute Gasteiger partial charge is 0.319 e. The Labute approximate surface area is 96.6 Å². The van der Waals surface area contributed by atoms with E-state index in [1.54, 1.807) is 0 Å². The molecule has 0 saturated heterocycles. The van der Waals surface area contributed by atoms with E-state index in [9.17, 15) is 0 Å². The molecule has 0 bridgehead atoms. The van der Waals surface area contributed by atoms with E-state index in [-0.39, 0.29) is 0 Å². The fourth-order valence-electron chi connectivity index (χ4n) is 1.49. The first-order valence-electron chi connectivity index (χ1n) is 5.29. The lowest BCUT2D eigenvalue weighted by Crippen LogP contribution is -2.01. The Morgan fingerprint density at radius 2 is 2.44 bits per heavy atom. The fraction of sp³-hybridized carbons (Fsp3) is 0.308. The standard InChI is InChI=1S/C13H17N3/c1-5-7-12(8-10(3)14-6-2)13-9-15-16-11(13)4/h2,7-9,14H,5H2,1,3-4H3,(H,15,16)/b10-8-,12-7+. The summed E-state index contributed by atoms with van der Waals surface area (Å²) in [6.07, 6.45) is 12.2. The molecule has 0 aliphatic heterocycles. The van der Waals surface area contributed by atoms with Crippen molar-refractivity contribution >= 4 is 5.57 Å². The van der Waals surface area contributed by atoms with E-state index < -0.39 is 0 Å². The monoisotopic (exact) mass is 215 g/mol. The van der Waals surface area contributed by atoms with E-state index in [4.69, 9.17) is 6.42 Å². The van der Waals surface area contributed by atoms with Crippen LogP contribution in [0.5, 0.6) is 0 Å². The van der Waals surface area contributed by atoms with Gasteiger partial charge in [0.15, 0.2) is 0 Å². The minimum atomic E-state index is 0.947. The number of allylic oxidation sites excluding steroid dienone is 4. The first-order valence-corrected chi connectivity index (χ1v) is 5.29. The summed E-state index contributed by atoms with van der Waals surface area (Å²) in [5.41, 5.74) is 4.25. The van der Waals surface area contributed by atoms with Crippen molar-refractivity contribution in [2.45, 2.75) is 27.2 Å². The number of rotatable bonds is 4. The normalized spacial score (nSPS) is 12.4. The Morgan fingerprint density at radius 1 is 1.69 bits per heavy atom. The lowest BCUT2D eigenvalue weighted by Gasteiger charge is -2.03. The summed E-state index contributed by atoms with van der Waals surface area (Å²) in [5, 5.41) is 9.79. The molecule has 0 spiro atoms. The van der Waals surface area contributed by atoms with Gasteiger partial charge in [0.25, 0.3) is 0 Å². The van der Waals surface area contributed by atoms with E-state index in [1.807, 2.05) is 26.1 Å². The molecule has 3 heteroatoms. The van der Waals surface area contributed by atoms with Gasteiger partial charge in [-0.2, -0.15) is 5.10 Å². The first kappa shape index (κ1) is 12.1. The third-order valence-corrected chi connectivity index (χ3v) is 2.21. The number of aryl methyl sites for hydroxylation is 1. The zero-order valence-corrected chi connectivity index (χ0v) is 9.96. The fourth-order valence-corrected chi connectivity index (χ4v) is 1.49. The van der Waals surface area contributed by atoms with Gasteiger partial charge in [0.2, 0.25) is 0 Å². The van der Waals surface area contributed by atoms with Crippen molar-refractivity contribution in [1.29, 1.82) is 0 Å². The van der Waals surface area contributed by atoms with Crippen molar-refractivity contribution in [2.24, 2.45) is 0 Å². The van der Waals surface area contributed by atoms with Crippen molar-refractivity contribution < 1.29 is 0 Å². The van der Waals surface area contributed by atoms with Gasteiger partial charge in [-0.1, -0.05) is 19.4 Å². The molecule has 0 fully saturated rings. The molecule has 2 N–H and O–H groups in total. The molecular formula is C13H17N3. The van der Waals surface area contributed by atoms with Crippen molar-refractivity contribution in [3.8, 4) is 12.5 Å². The highest BCUT2D eigenvalue weighted by Gasteiger charge is 2.04. The second-order valence-electron chi connectivity index (χ2n) is 3.57. The topological polar surface area (TPSA) is 40.7 Å². The number of hydrogen-bond acceptors (Lipinski definition) is 2. The Morgan fingerprint density at radius 3 is 2.94 bits per heavy atom. The highest BCUT2D eigenvalue weighted by Crippen LogP contribution is 2.19. The van der Waals surface area contributed by atoms with Gasteiger partial charge in [-0.15, -0.1) is 0 Å². The van der Waals surface area contributed by atoms with Gasteiger partial charge >= 0.3 is 0 Å². The van der Waals surface area contributed by atoms with Gasteiger partial charge in [0.05, 0.1) is 6.20 Å². The maximum Gasteiger partial charge on any atom is 0.0568 e. The van der Waals surface area contributed by atoms with Crippen molar-refractivity contribution in [2.75, 3.05) is 0 Å². The van der Waals surface area contributed by atoms with E-state index in [2.05, 4.69) is 34.6 Å². The van der Waals surface area contributed by atoms with E-state index in [0.29, 0.717) is 0 Å². The zero-order chi connectivity index (χ0) is 12.0. The maximum absolute atomic E-state index is 5.19. The number of nitrogens with one attached hydrogen (secondary N) is 2. The number of H-pyrrole nitrogens is 1. The number of terminal acetylenes is 1. The van der Waals surface area contributed by atoms with Crippen LogP contribution in [0, 0.1) is 19.4 Å². The molecule has 0 unspecified atom stereocenters. The molecule has 1 rings (SSSR count). The zero-order valence-electron chi connectivity index (χ0n) is 9.96. The predicted molar refractivity (Wildman–Crippen MR) is 67.3 cm³/mol. The Bertz CT molecular complexity index is 444. The van der Waals surface area contributed by atoms with Gasteiger partial charge < -0.3 is 5.32 Å². The molecule has 0 atom stereocenters. The molecule has 0 aliphatic carbocycles. The van der Waals surface area contributed by atoms with Gasteiger partial charge in [0, 0.05) is 23.0 Å². The first-order chi connectivity index (χ1) is 7.69. The molecule has 0 aromatic carbocycles. The highest BCUT2D eigenvalue weighted by molar-refractivity contribution is 5.75. The molecular weight excluding hydrogens is 198 g/mol. The average Bonchev–Trinajstić information content (AvgIpc) is 2.64. The molecule has 0 radical (unpaired) electrons. The quantitative estimate of drug-likeness (QED) is 0.460. The average molecular weight is 215 g/mol. The molecule has 16 heavy (non-hydrogen) atoms. The van der Waals surface area contributed by atoms with Gasteiger partial charge in [-0.3, -0.25) is 5.10 Å². The minimum absolute atomic E-state index is 0.947. The van der Waals surface area contributed by atoms with Crippen LogP contribution in [0.15, 0.2) is 24.0 Å². The summed E-state index contributed by atoms with van der Waals surface area (Å²) in [7, 11) is 0. The summed E-state index contributed by atoms with van der Waals surface area (Å²) in [6.45, 7) is 6.05. The SMILES string of the molecule is C#CN/C(C)=C\C(=C/CC)c1cn[nH]c1C. The number of aromatic nitrogens is 2. The number of hydrogen-bond donors (Lipinski definition) is 2. The second-order valence-corrected chi connectivity index (χ2v) is 3.57. The van der Waals surface area contributed by atoms with Crippen LogP contribution in [-0.4, -0.2) is 10.2 Å². The van der Waals surface area contributed by atoms with Crippen LogP contribution in [-0.2, 0) is 0 Å². The summed E-state index contributed by atoms with van der Waals surface area (Å²) in [6, 6.07) is 2.41. The molecule has 0 saturated carbocycles. The van der Waals surface area contributed by atoms with Gasteiger partial charge in [-0.05, 0) is 31.9 Å². The Hall–Kier alpha value is -1.95. The van der Waals surface area contributed by atoms with Crippen molar-refractivity contribution in [1.82, 2.24) is 15.5 Å². The summed E-state index contributed by atoms with van der Waals surface area (Å²) in [4.78, 5) is 0. The predicted octanol–water partition coefficient (Wildman–Crippen LogP) is 2.60. The molecule has 0 aliphatic rings. The minimum Gasteiger partial charge on any atom is -0.319 e. The van der Waals surface area contributed by atoms with E-state index >= 15 is 0 Å². The maximum atomic E-state index is 5.19. The number of nitrogens with zero attached hydrogens (tertiary/aromatic N) is 1. The third kappa shape index (κ3) is 3.03. The van der Waals surface area contributed by atoms with Gasteiger partial charge in [0.1, 0.15) is 0 Å². The van der Waals surface area contributed by atoms with Crippen LogP contribution in [0.2, 0.25) is 0 Å². The second kappa shape index (κ2) is 5.82. The molecule has 1 aromatic rings. The lowest BCUT2D eigenvalue weighted by molar-refractivity contribution is 1.05.